The summed E-state index contributed by atoms with van der Waals surface area (Å²) in [5, 5.41) is 2.66. The van der Waals surface area contributed by atoms with Crippen LogP contribution >= 0.6 is 0 Å². The summed E-state index contributed by atoms with van der Waals surface area (Å²) in [4.78, 5) is 11.6. The maximum Gasteiger partial charge on any atom is 0.417 e. The number of benzene rings is 2. The number of anilines is 1. The van der Waals surface area contributed by atoms with Crippen molar-refractivity contribution in [1.82, 2.24) is 0 Å². The van der Waals surface area contributed by atoms with Gasteiger partial charge in [0.25, 0.3) is 0 Å². The molecule has 0 fully saturated rings. The molecule has 0 saturated heterocycles. The molecule has 0 spiro atoms. The van der Waals surface area contributed by atoms with Crippen LogP contribution in [0.4, 0.5) is 10.5 Å². The van der Waals surface area contributed by atoms with Crippen molar-refractivity contribution < 1.29 is 9.53 Å². The monoisotopic (exact) mass is 241 g/mol. The van der Waals surface area contributed by atoms with Gasteiger partial charge >= 0.3 is 6.09 Å². The molecule has 0 saturated carbocycles. The minimum Gasteiger partial charge on any atom is -0.410 e. The number of hydrogen-bond acceptors (Lipinski definition) is 2. The molecule has 0 unspecified atom stereocenters. The zero-order chi connectivity index (χ0) is 13.0. The summed E-state index contributed by atoms with van der Waals surface area (Å²) in [6.07, 6.45) is -0.482. The van der Waals surface area contributed by atoms with E-state index in [0.29, 0.717) is 11.4 Å². The van der Waals surface area contributed by atoms with Crippen molar-refractivity contribution in [2.24, 2.45) is 0 Å². The molecule has 0 aliphatic heterocycles. The molecule has 3 heteroatoms. The van der Waals surface area contributed by atoms with Crippen LogP contribution in [0.5, 0.6) is 5.75 Å². The smallest absolute Gasteiger partial charge is 0.410 e. The fraction of sp³-hybridized carbons (Fsp3) is 0.133. The number of nitrogens with one attached hydrogen (secondary N) is 1. The highest BCUT2D eigenvalue weighted by molar-refractivity contribution is 5.86. The summed E-state index contributed by atoms with van der Waals surface area (Å²) >= 11 is 0. The first-order valence-electron chi connectivity index (χ1n) is 5.76. The van der Waals surface area contributed by atoms with Gasteiger partial charge in [-0.15, -0.1) is 0 Å². The molecule has 3 nitrogen and oxygen atoms in total. The summed E-state index contributed by atoms with van der Waals surface area (Å²) in [6.45, 7) is 4.00. The molecule has 0 atom stereocenters. The van der Waals surface area contributed by atoms with Gasteiger partial charge in [0.1, 0.15) is 5.75 Å². The maximum atomic E-state index is 11.6. The summed E-state index contributed by atoms with van der Waals surface area (Å²) in [5.74, 6) is 0.548. The maximum absolute atomic E-state index is 11.6. The average molecular weight is 241 g/mol. The fourth-order valence-corrected chi connectivity index (χ4v) is 1.55. The number of aryl methyl sites for hydroxylation is 2. The SMILES string of the molecule is Cc1ccc(OC(=O)Nc2ccccc2)cc1C. The van der Waals surface area contributed by atoms with Crippen molar-refractivity contribution in [3.8, 4) is 5.75 Å². The molecule has 0 radical (unpaired) electrons. The number of amides is 1. The molecule has 0 heterocycles. The summed E-state index contributed by atoms with van der Waals surface area (Å²) in [5.41, 5.74) is 2.98. The molecular weight excluding hydrogens is 226 g/mol. The van der Waals surface area contributed by atoms with Crippen LogP contribution in [0.15, 0.2) is 48.5 Å². The van der Waals surface area contributed by atoms with E-state index in [1.165, 1.54) is 5.56 Å². The quantitative estimate of drug-likeness (QED) is 0.865. The Bertz CT molecular complexity index is 550. The second-order valence-corrected chi connectivity index (χ2v) is 4.13. The Morgan fingerprint density at radius 3 is 2.39 bits per heavy atom. The molecule has 1 amide bonds. The van der Waals surface area contributed by atoms with E-state index in [1.54, 1.807) is 6.07 Å². The first-order chi connectivity index (χ1) is 8.65. The number of hydrogen-bond donors (Lipinski definition) is 1. The lowest BCUT2D eigenvalue weighted by atomic mass is 10.1. The predicted molar refractivity (Wildman–Crippen MR) is 72.0 cm³/mol. The lowest BCUT2D eigenvalue weighted by molar-refractivity contribution is 0.215. The average Bonchev–Trinajstić information content (AvgIpc) is 2.35. The molecule has 18 heavy (non-hydrogen) atoms. The Hall–Kier alpha value is -2.29. The molecule has 92 valence electrons. The van der Waals surface area contributed by atoms with E-state index >= 15 is 0 Å². The van der Waals surface area contributed by atoms with Crippen LogP contribution in [0.1, 0.15) is 11.1 Å². The molecule has 2 aromatic carbocycles. The molecule has 1 N–H and O–H groups in total. The third-order valence-corrected chi connectivity index (χ3v) is 2.71. The van der Waals surface area contributed by atoms with Gasteiger partial charge in [0.15, 0.2) is 0 Å². The summed E-state index contributed by atoms with van der Waals surface area (Å²) in [7, 11) is 0. The van der Waals surface area contributed by atoms with Crippen molar-refractivity contribution >= 4 is 11.8 Å². The van der Waals surface area contributed by atoms with Crippen LogP contribution in [-0.4, -0.2) is 6.09 Å². The van der Waals surface area contributed by atoms with E-state index in [4.69, 9.17) is 4.74 Å². The van der Waals surface area contributed by atoms with E-state index in [9.17, 15) is 4.79 Å². The molecule has 0 aliphatic carbocycles. The number of ether oxygens (including phenoxy) is 1. The van der Waals surface area contributed by atoms with Gasteiger partial charge in [-0.2, -0.15) is 0 Å². The topological polar surface area (TPSA) is 38.3 Å². The van der Waals surface area contributed by atoms with Crippen molar-refractivity contribution in [1.29, 1.82) is 0 Å². The van der Waals surface area contributed by atoms with Crippen LogP contribution < -0.4 is 10.1 Å². The highest BCUT2D eigenvalue weighted by Gasteiger charge is 2.05. The first-order valence-corrected chi connectivity index (χ1v) is 5.76. The highest BCUT2D eigenvalue weighted by atomic mass is 16.6. The zero-order valence-corrected chi connectivity index (χ0v) is 10.4. The van der Waals surface area contributed by atoms with Gasteiger partial charge < -0.3 is 4.74 Å². The largest absolute Gasteiger partial charge is 0.417 e. The summed E-state index contributed by atoms with van der Waals surface area (Å²) in [6, 6.07) is 14.8. The van der Waals surface area contributed by atoms with Gasteiger partial charge in [-0.3, -0.25) is 5.32 Å². The van der Waals surface area contributed by atoms with Crippen molar-refractivity contribution in [2.75, 3.05) is 5.32 Å². The Balaban J connectivity index is 2.01. The first kappa shape index (κ1) is 12.2. The lowest BCUT2D eigenvalue weighted by Crippen LogP contribution is -2.16. The summed E-state index contributed by atoms with van der Waals surface area (Å²) < 4.78 is 5.20. The van der Waals surface area contributed by atoms with Crippen LogP contribution in [0.25, 0.3) is 0 Å². The molecule has 2 rings (SSSR count). The molecule has 2 aromatic rings. The van der Waals surface area contributed by atoms with Gasteiger partial charge in [0.2, 0.25) is 0 Å². The Morgan fingerprint density at radius 2 is 1.72 bits per heavy atom. The molecular formula is C15H15NO2. The van der Waals surface area contributed by atoms with Crippen LogP contribution in [0.2, 0.25) is 0 Å². The lowest BCUT2D eigenvalue weighted by Gasteiger charge is -2.08. The van der Waals surface area contributed by atoms with E-state index in [0.717, 1.165) is 5.56 Å². The Morgan fingerprint density at radius 1 is 1.00 bits per heavy atom. The second kappa shape index (κ2) is 5.36. The predicted octanol–water partition coefficient (Wildman–Crippen LogP) is 3.91. The number of para-hydroxylation sites is 1. The van der Waals surface area contributed by atoms with Gasteiger partial charge in [0, 0.05) is 5.69 Å². The van der Waals surface area contributed by atoms with Crippen LogP contribution in [0, 0.1) is 13.8 Å². The number of carbonyl (C=O) groups excluding carboxylic acids is 1. The van der Waals surface area contributed by atoms with Crippen molar-refractivity contribution in [3.05, 3.63) is 59.7 Å². The van der Waals surface area contributed by atoms with Crippen LogP contribution in [0.3, 0.4) is 0 Å². The van der Waals surface area contributed by atoms with Gasteiger partial charge in [-0.1, -0.05) is 24.3 Å². The molecule has 0 bridgehead atoms. The fourth-order valence-electron chi connectivity index (χ4n) is 1.55. The van der Waals surface area contributed by atoms with Crippen LogP contribution in [-0.2, 0) is 0 Å². The van der Waals surface area contributed by atoms with E-state index < -0.39 is 6.09 Å². The standard InChI is InChI=1S/C15H15NO2/c1-11-8-9-14(10-12(11)2)18-15(17)16-13-6-4-3-5-7-13/h3-10H,1-2H3,(H,16,17). The van der Waals surface area contributed by atoms with E-state index in [-0.39, 0.29) is 0 Å². The van der Waals surface area contributed by atoms with E-state index in [2.05, 4.69) is 5.32 Å². The van der Waals surface area contributed by atoms with Gasteiger partial charge in [0.05, 0.1) is 0 Å². The zero-order valence-electron chi connectivity index (χ0n) is 10.4. The van der Waals surface area contributed by atoms with Crippen molar-refractivity contribution in [2.45, 2.75) is 13.8 Å². The van der Waals surface area contributed by atoms with Gasteiger partial charge in [-0.05, 0) is 49.2 Å². The minimum absolute atomic E-state index is 0.482. The molecule has 0 aliphatic rings. The Labute approximate surface area is 106 Å². The minimum atomic E-state index is -0.482. The second-order valence-electron chi connectivity index (χ2n) is 4.13. The van der Waals surface area contributed by atoms with Gasteiger partial charge in [-0.25, -0.2) is 4.79 Å². The molecule has 0 aromatic heterocycles. The third kappa shape index (κ3) is 3.10. The Kier molecular flexibility index (Phi) is 3.63. The number of rotatable bonds is 2. The third-order valence-electron chi connectivity index (χ3n) is 2.71. The number of carbonyl (C=O) groups is 1. The van der Waals surface area contributed by atoms with E-state index in [1.807, 2.05) is 56.3 Å². The van der Waals surface area contributed by atoms with Crippen molar-refractivity contribution in [3.63, 3.8) is 0 Å². The normalized spacial score (nSPS) is 9.89. The highest BCUT2D eigenvalue weighted by Crippen LogP contribution is 2.17.